The summed E-state index contributed by atoms with van der Waals surface area (Å²) in [4.78, 5) is 4.75. The summed E-state index contributed by atoms with van der Waals surface area (Å²) in [6, 6.07) is 1.15. The lowest BCUT2D eigenvalue weighted by atomic mass is 10.0. The fourth-order valence-corrected chi connectivity index (χ4v) is 3.06. The van der Waals surface area contributed by atoms with Gasteiger partial charge in [-0.25, -0.2) is 0 Å². The van der Waals surface area contributed by atoms with Gasteiger partial charge in [0, 0.05) is 31.1 Å². The topological polar surface area (TPSA) is 30.3 Å². The molecule has 1 heterocycles. The van der Waals surface area contributed by atoms with Gasteiger partial charge in [-0.3, -0.25) is 10.3 Å². The second-order valence-electron chi connectivity index (χ2n) is 5.64. The van der Waals surface area contributed by atoms with Crippen molar-refractivity contribution in [2.75, 3.05) is 20.1 Å². The minimum atomic E-state index is 0.558. The van der Waals surface area contributed by atoms with Crippen LogP contribution in [0.25, 0.3) is 0 Å². The lowest BCUT2D eigenvalue weighted by Gasteiger charge is -2.44. The van der Waals surface area contributed by atoms with Crippen molar-refractivity contribution >= 4 is 5.84 Å². The van der Waals surface area contributed by atoms with E-state index in [-0.39, 0.29) is 0 Å². The number of likely N-dealkylation sites (N-methyl/N-ethyl adjacent to an activating group) is 1. The van der Waals surface area contributed by atoms with E-state index in [0.29, 0.717) is 18.0 Å². The van der Waals surface area contributed by atoms with Crippen LogP contribution in [-0.2, 0) is 0 Å². The Morgan fingerprint density at radius 2 is 1.56 bits per heavy atom. The summed E-state index contributed by atoms with van der Waals surface area (Å²) in [6.45, 7) is 6.61. The second kappa shape index (κ2) is 4.74. The molecule has 2 aliphatic rings. The van der Waals surface area contributed by atoms with Gasteiger partial charge in [-0.05, 0) is 33.7 Å². The molecule has 2 unspecified atom stereocenters. The molecule has 1 saturated carbocycles. The van der Waals surface area contributed by atoms with Crippen LogP contribution in [0.2, 0.25) is 0 Å². The van der Waals surface area contributed by atoms with E-state index >= 15 is 0 Å². The molecule has 3 heteroatoms. The van der Waals surface area contributed by atoms with E-state index in [4.69, 9.17) is 5.41 Å². The molecule has 92 valence electrons. The van der Waals surface area contributed by atoms with E-state index in [2.05, 4.69) is 30.7 Å². The van der Waals surface area contributed by atoms with Crippen LogP contribution in [0.4, 0.5) is 0 Å². The highest BCUT2D eigenvalue weighted by molar-refractivity contribution is 5.82. The Hall–Kier alpha value is -0.570. The quantitative estimate of drug-likeness (QED) is 0.545. The maximum absolute atomic E-state index is 8.33. The Labute approximate surface area is 99.3 Å². The van der Waals surface area contributed by atoms with Gasteiger partial charge in [0.25, 0.3) is 0 Å². The standard InChI is InChI=1S/C13H25N3/c1-10-8-16(9-11(2)15(10)3)13(14)12-6-4-5-7-12/h10-12,14H,4-9H2,1-3H3. The number of piperazine rings is 1. The van der Waals surface area contributed by atoms with Crippen LogP contribution in [0.3, 0.4) is 0 Å². The average Bonchev–Trinajstić information content (AvgIpc) is 2.77. The molecule has 2 rings (SSSR count). The third kappa shape index (κ3) is 2.24. The predicted octanol–water partition coefficient (Wildman–Crippen LogP) is 2.18. The number of amidine groups is 1. The Morgan fingerprint density at radius 1 is 1.06 bits per heavy atom. The maximum Gasteiger partial charge on any atom is 0.0990 e. The summed E-state index contributed by atoms with van der Waals surface area (Å²) in [6.07, 6.45) is 5.14. The minimum absolute atomic E-state index is 0.558. The molecule has 2 atom stereocenters. The molecule has 0 bridgehead atoms. The lowest BCUT2D eigenvalue weighted by Crippen LogP contribution is -2.57. The Kier molecular flexibility index (Phi) is 3.53. The Morgan fingerprint density at radius 3 is 2.06 bits per heavy atom. The zero-order valence-corrected chi connectivity index (χ0v) is 10.9. The van der Waals surface area contributed by atoms with Crippen LogP contribution in [-0.4, -0.2) is 47.9 Å². The van der Waals surface area contributed by atoms with Crippen LogP contribution >= 0.6 is 0 Å². The first-order chi connectivity index (χ1) is 7.59. The first-order valence-corrected chi connectivity index (χ1v) is 6.65. The average molecular weight is 223 g/mol. The van der Waals surface area contributed by atoms with Crippen LogP contribution in [0.15, 0.2) is 0 Å². The summed E-state index contributed by atoms with van der Waals surface area (Å²) in [5, 5.41) is 8.33. The summed E-state index contributed by atoms with van der Waals surface area (Å²) in [5.41, 5.74) is 0. The number of nitrogens with one attached hydrogen (secondary N) is 1. The summed E-state index contributed by atoms with van der Waals surface area (Å²) in [5.74, 6) is 1.48. The summed E-state index contributed by atoms with van der Waals surface area (Å²) in [7, 11) is 2.20. The zero-order valence-electron chi connectivity index (χ0n) is 10.9. The number of hydrogen-bond donors (Lipinski definition) is 1. The number of rotatable bonds is 1. The molecular weight excluding hydrogens is 198 g/mol. The van der Waals surface area contributed by atoms with Gasteiger partial charge in [0.2, 0.25) is 0 Å². The van der Waals surface area contributed by atoms with Crippen LogP contribution in [0, 0.1) is 11.3 Å². The first-order valence-electron chi connectivity index (χ1n) is 6.65. The normalized spacial score (nSPS) is 33.3. The van der Waals surface area contributed by atoms with Crippen LogP contribution < -0.4 is 0 Å². The van der Waals surface area contributed by atoms with Crippen molar-refractivity contribution in [3.63, 3.8) is 0 Å². The minimum Gasteiger partial charge on any atom is -0.357 e. The molecule has 0 radical (unpaired) electrons. The summed E-state index contributed by atoms with van der Waals surface area (Å²) >= 11 is 0. The molecule has 0 amide bonds. The molecule has 0 aromatic rings. The van der Waals surface area contributed by atoms with Crippen LogP contribution in [0.5, 0.6) is 0 Å². The van der Waals surface area contributed by atoms with Gasteiger partial charge in [-0.15, -0.1) is 0 Å². The molecule has 0 aromatic heterocycles. The summed E-state index contributed by atoms with van der Waals surface area (Å²) < 4.78 is 0. The van der Waals surface area contributed by atoms with Crippen molar-refractivity contribution in [2.24, 2.45) is 5.92 Å². The molecule has 0 aromatic carbocycles. The molecule has 1 N–H and O–H groups in total. The van der Waals surface area contributed by atoms with Crippen molar-refractivity contribution in [3.8, 4) is 0 Å². The fourth-order valence-electron chi connectivity index (χ4n) is 3.06. The van der Waals surface area contributed by atoms with Gasteiger partial charge >= 0.3 is 0 Å². The maximum atomic E-state index is 8.33. The van der Waals surface area contributed by atoms with E-state index in [1.807, 2.05) is 0 Å². The highest BCUT2D eigenvalue weighted by atomic mass is 15.3. The van der Waals surface area contributed by atoms with E-state index in [0.717, 1.165) is 18.9 Å². The fraction of sp³-hybridized carbons (Fsp3) is 0.923. The molecule has 1 saturated heterocycles. The van der Waals surface area contributed by atoms with E-state index in [9.17, 15) is 0 Å². The van der Waals surface area contributed by atoms with Gasteiger partial charge in [0.1, 0.15) is 0 Å². The molecule has 0 spiro atoms. The lowest BCUT2D eigenvalue weighted by molar-refractivity contribution is 0.0954. The smallest absolute Gasteiger partial charge is 0.0990 e. The van der Waals surface area contributed by atoms with Crippen molar-refractivity contribution < 1.29 is 0 Å². The zero-order chi connectivity index (χ0) is 11.7. The highest BCUT2D eigenvalue weighted by Crippen LogP contribution is 2.28. The molecule has 16 heavy (non-hydrogen) atoms. The predicted molar refractivity (Wildman–Crippen MR) is 67.9 cm³/mol. The molecule has 1 aliphatic carbocycles. The van der Waals surface area contributed by atoms with E-state index in [1.54, 1.807) is 0 Å². The Balaban J connectivity index is 1.96. The molecular formula is C13H25N3. The molecule has 1 aliphatic heterocycles. The Bertz CT molecular complexity index is 246. The van der Waals surface area contributed by atoms with Gasteiger partial charge in [0.15, 0.2) is 0 Å². The highest BCUT2D eigenvalue weighted by Gasteiger charge is 2.31. The largest absolute Gasteiger partial charge is 0.357 e. The second-order valence-corrected chi connectivity index (χ2v) is 5.64. The number of hydrogen-bond acceptors (Lipinski definition) is 2. The van der Waals surface area contributed by atoms with Gasteiger partial charge in [-0.2, -0.15) is 0 Å². The van der Waals surface area contributed by atoms with E-state index < -0.39 is 0 Å². The molecule has 2 fully saturated rings. The van der Waals surface area contributed by atoms with Crippen molar-refractivity contribution in [1.82, 2.24) is 9.80 Å². The van der Waals surface area contributed by atoms with Gasteiger partial charge < -0.3 is 4.90 Å². The third-order valence-electron chi connectivity index (χ3n) is 4.44. The van der Waals surface area contributed by atoms with Gasteiger partial charge in [0.05, 0.1) is 5.84 Å². The first kappa shape index (κ1) is 11.9. The van der Waals surface area contributed by atoms with Crippen molar-refractivity contribution in [1.29, 1.82) is 5.41 Å². The van der Waals surface area contributed by atoms with Gasteiger partial charge in [-0.1, -0.05) is 12.8 Å². The molecule has 3 nitrogen and oxygen atoms in total. The van der Waals surface area contributed by atoms with E-state index in [1.165, 1.54) is 25.7 Å². The van der Waals surface area contributed by atoms with Crippen LogP contribution in [0.1, 0.15) is 39.5 Å². The third-order valence-corrected chi connectivity index (χ3v) is 4.44. The monoisotopic (exact) mass is 223 g/mol. The van der Waals surface area contributed by atoms with Crippen molar-refractivity contribution in [2.45, 2.75) is 51.6 Å². The van der Waals surface area contributed by atoms with Crippen molar-refractivity contribution in [3.05, 3.63) is 0 Å². The SMILES string of the molecule is CC1CN(C(=N)C2CCCC2)CC(C)N1C. The number of nitrogens with zero attached hydrogens (tertiary/aromatic N) is 2.